The van der Waals surface area contributed by atoms with Crippen molar-refractivity contribution in [3.05, 3.63) is 46.5 Å². The van der Waals surface area contributed by atoms with E-state index in [1.165, 1.54) is 11.3 Å². The Morgan fingerprint density at radius 2 is 2.09 bits per heavy atom. The van der Waals surface area contributed by atoms with Crippen molar-refractivity contribution < 1.29 is 9.59 Å². The van der Waals surface area contributed by atoms with Gasteiger partial charge < -0.3 is 10.2 Å². The number of hydrogen-bond acceptors (Lipinski definition) is 4. The molecule has 0 spiro atoms. The van der Waals surface area contributed by atoms with Gasteiger partial charge in [-0.15, -0.1) is 0 Å². The topological polar surface area (TPSA) is 62.3 Å². The van der Waals surface area contributed by atoms with Crippen LogP contribution < -0.4 is 5.32 Å². The lowest BCUT2D eigenvalue weighted by Crippen LogP contribution is -2.35. The maximum Gasteiger partial charge on any atom is 0.254 e. The largest absolute Gasteiger partial charge is 0.333 e. The van der Waals surface area contributed by atoms with Crippen LogP contribution in [0, 0.1) is 0 Å². The Morgan fingerprint density at radius 1 is 1.32 bits per heavy atom. The second-order valence-corrected chi connectivity index (χ2v) is 6.22. The zero-order chi connectivity index (χ0) is 15.5. The molecule has 0 radical (unpaired) electrons. The third-order valence-electron chi connectivity index (χ3n) is 3.61. The van der Waals surface area contributed by atoms with Crippen molar-refractivity contribution in [2.24, 2.45) is 0 Å². The number of fused-ring (bicyclic) bond motifs is 1. The summed E-state index contributed by atoms with van der Waals surface area (Å²) in [6.45, 7) is 3.03. The molecule has 1 N–H and O–H groups in total. The average Bonchev–Trinajstić information content (AvgIpc) is 2.96. The Kier molecular flexibility index (Phi) is 4.20. The number of nitrogens with one attached hydrogen (secondary N) is 1. The SMILES string of the molecule is CCC(=O)Nc1nc2c(s1)CN(C(=O)c1ccccc1)CC2. The average molecular weight is 315 g/mol. The molecule has 1 aliphatic heterocycles. The van der Waals surface area contributed by atoms with Crippen molar-refractivity contribution in [1.82, 2.24) is 9.88 Å². The van der Waals surface area contributed by atoms with Gasteiger partial charge in [-0.2, -0.15) is 0 Å². The van der Waals surface area contributed by atoms with Crippen LogP contribution >= 0.6 is 11.3 Å². The molecular weight excluding hydrogens is 298 g/mol. The molecular formula is C16H17N3O2S. The summed E-state index contributed by atoms with van der Waals surface area (Å²) < 4.78 is 0. The third-order valence-corrected chi connectivity index (χ3v) is 4.60. The molecule has 22 heavy (non-hydrogen) atoms. The second kappa shape index (κ2) is 6.27. The van der Waals surface area contributed by atoms with Crippen molar-refractivity contribution in [2.75, 3.05) is 11.9 Å². The number of benzene rings is 1. The van der Waals surface area contributed by atoms with Gasteiger partial charge in [0.25, 0.3) is 5.91 Å². The summed E-state index contributed by atoms with van der Waals surface area (Å²) in [5.41, 5.74) is 1.70. The van der Waals surface area contributed by atoms with Crippen LogP contribution in [-0.2, 0) is 17.8 Å². The maximum atomic E-state index is 12.5. The molecule has 0 saturated heterocycles. The summed E-state index contributed by atoms with van der Waals surface area (Å²) in [6.07, 6.45) is 1.16. The second-order valence-electron chi connectivity index (χ2n) is 5.13. The molecule has 1 aromatic carbocycles. The Morgan fingerprint density at radius 3 is 2.82 bits per heavy atom. The van der Waals surface area contributed by atoms with E-state index in [2.05, 4.69) is 10.3 Å². The molecule has 0 aliphatic carbocycles. The fourth-order valence-corrected chi connectivity index (χ4v) is 3.43. The van der Waals surface area contributed by atoms with E-state index in [0.29, 0.717) is 30.2 Å². The number of amides is 2. The first-order chi connectivity index (χ1) is 10.7. The van der Waals surface area contributed by atoms with Crippen molar-refractivity contribution in [3.8, 4) is 0 Å². The van der Waals surface area contributed by atoms with Crippen LogP contribution in [0.15, 0.2) is 30.3 Å². The molecule has 0 atom stereocenters. The lowest BCUT2D eigenvalue weighted by Gasteiger charge is -2.26. The molecule has 1 aromatic heterocycles. The van der Waals surface area contributed by atoms with E-state index in [-0.39, 0.29) is 11.8 Å². The fourth-order valence-electron chi connectivity index (χ4n) is 2.39. The van der Waals surface area contributed by atoms with Crippen molar-refractivity contribution >= 4 is 28.3 Å². The Bertz CT molecular complexity index is 697. The Hall–Kier alpha value is -2.21. The van der Waals surface area contributed by atoms with E-state index in [1.54, 1.807) is 0 Å². The van der Waals surface area contributed by atoms with E-state index in [9.17, 15) is 9.59 Å². The molecule has 2 heterocycles. The van der Waals surface area contributed by atoms with Gasteiger partial charge in [-0.25, -0.2) is 4.98 Å². The van der Waals surface area contributed by atoms with Crippen LogP contribution in [0.25, 0.3) is 0 Å². The molecule has 2 amide bonds. The van der Waals surface area contributed by atoms with Crippen LogP contribution in [0.5, 0.6) is 0 Å². The van der Waals surface area contributed by atoms with Crippen molar-refractivity contribution in [3.63, 3.8) is 0 Å². The summed E-state index contributed by atoms with van der Waals surface area (Å²) in [4.78, 5) is 31.3. The van der Waals surface area contributed by atoms with E-state index in [4.69, 9.17) is 0 Å². The summed E-state index contributed by atoms with van der Waals surface area (Å²) >= 11 is 1.46. The first-order valence-electron chi connectivity index (χ1n) is 7.30. The molecule has 3 rings (SSSR count). The monoisotopic (exact) mass is 315 g/mol. The highest BCUT2D eigenvalue weighted by atomic mass is 32.1. The molecule has 0 fully saturated rings. The van der Waals surface area contributed by atoms with Gasteiger partial charge in [-0.3, -0.25) is 9.59 Å². The standard InChI is InChI=1S/C16H17N3O2S/c1-2-14(20)18-16-17-12-8-9-19(10-13(12)22-16)15(21)11-6-4-3-5-7-11/h3-7H,2,8-10H2,1H3,(H,17,18,20). The highest BCUT2D eigenvalue weighted by Crippen LogP contribution is 2.29. The van der Waals surface area contributed by atoms with Gasteiger partial charge in [0, 0.05) is 29.8 Å². The number of thiazole rings is 1. The summed E-state index contributed by atoms with van der Waals surface area (Å²) in [5, 5.41) is 3.42. The quantitative estimate of drug-likeness (QED) is 0.947. The zero-order valence-corrected chi connectivity index (χ0v) is 13.2. The fraction of sp³-hybridized carbons (Fsp3) is 0.312. The van der Waals surface area contributed by atoms with Crippen molar-refractivity contribution in [1.29, 1.82) is 0 Å². The number of hydrogen-bond donors (Lipinski definition) is 1. The van der Waals surface area contributed by atoms with E-state index in [0.717, 1.165) is 17.0 Å². The normalized spacial score (nSPS) is 13.6. The summed E-state index contributed by atoms with van der Waals surface area (Å²) in [6, 6.07) is 9.30. The number of nitrogens with zero attached hydrogens (tertiary/aromatic N) is 2. The number of anilines is 1. The van der Waals surface area contributed by atoms with Crippen molar-refractivity contribution in [2.45, 2.75) is 26.3 Å². The zero-order valence-electron chi connectivity index (χ0n) is 12.3. The molecule has 1 aliphatic rings. The number of carbonyl (C=O) groups is 2. The lowest BCUT2D eigenvalue weighted by atomic mass is 10.1. The van der Waals surface area contributed by atoms with E-state index < -0.39 is 0 Å². The number of rotatable bonds is 3. The minimum atomic E-state index is -0.0386. The van der Waals surface area contributed by atoms with Crippen LogP contribution in [0.2, 0.25) is 0 Å². The molecule has 2 aromatic rings. The highest BCUT2D eigenvalue weighted by molar-refractivity contribution is 7.15. The van der Waals surface area contributed by atoms with Gasteiger partial charge in [0.15, 0.2) is 5.13 Å². The number of aromatic nitrogens is 1. The van der Waals surface area contributed by atoms with Gasteiger partial charge >= 0.3 is 0 Å². The van der Waals surface area contributed by atoms with Crippen LogP contribution in [0.3, 0.4) is 0 Å². The Balaban J connectivity index is 1.74. The molecule has 114 valence electrons. The molecule has 0 bridgehead atoms. The van der Waals surface area contributed by atoms with Gasteiger partial charge in [0.1, 0.15) is 0 Å². The predicted molar refractivity (Wildman–Crippen MR) is 85.9 cm³/mol. The van der Waals surface area contributed by atoms with Crippen LogP contribution in [0.4, 0.5) is 5.13 Å². The van der Waals surface area contributed by atoms with Gasteiger partial charge in [-0.05, 0) is 12.1 Å². The molecule has 5 nitrogen and oxygen atoms in total. The lowest BCUT2D eigenvalue weighted by molar-refractivity contribution is -0.115. The van der Waals surface area contributed by atoms with E-state index in [1.807, 2.05) is 42.2 Å². The molecule has 0 saturated carbocycles. The highest BCUT2D eigenvalue weighted by Gasteiger charge is 2.25. The van der Waals surface area contributed by atoms with Gasteiger partial charge in [0.2, 0.25) is 5.91 Å². The van der Waals surface area contributed by atoms with Gasteiger partial charge in [-0.1, -0.05) is 36.5 Å². The minimum absolute atomic E-state index is 0.0386. The van der Waals surface area contributed by atoms with Gasteiger partial charge in [0.05, 0.1) is 12.2 Å². The minimum Gasteiger partial charge on any atom is -0.333 e. The molecule has 0 unspecified atom stereocenters. The predicted octanol–water partition coefficient (Wildman–Crippen LogP) is 2.69. The van der Waals surface area contributed by atoms with Crippen LogP contribution in [0.1, 0.15) is 34.3 Å². The number of carbonyl (C=O) groups excluding carboxylic acids is 2. The van der Waals surface area contributed by atoms with Crippen LogP contribution in [-0.4, -0.2) is 28.2 Å². The Labute approximate surface area is 133 Å². The first kappa shape index (κ1) is 14.7. The van der Waals surface area contributed by atoms with E-state index >= 15 is 0 Å². The third kappa shape index (κ3) is 3.01. The summed E-state index contributed by atoms with van der Waals surface area (Å²) in [7, 11) is 0. The first-order valence-corrected chi connectivity index (χ1v) is 8.11. The molecule has 6 heteroatoms. The maximum absolute atomic E-state index is 12.5. The smallest absolute Gasteiger partial charge is 0.254 e. The summed E-state index contributed by atoms with van der Waals surface area (Å²) in [5.74, 6) is 0.00195.